The van der Waals surface area contributed by atoms with Crippen molar-refractivity contribution in [3.05, 3.63) is 53.8 Å². The molecule has 0 spiro atoms. The largest absolute Gasteiger partial charge is 0.547 e. The molecule has 0 bridgehead atoms. The van der Waals surface area contributed by atoms with Gasteiger partial charge in [0.1, 0.15) is 0 Å². The van der Waals surface area contributed by atoms with E-state index in [-0.39, 0.29) is 0 Å². The summed E-state index contributed by atoms with van der Waals surface area (Å²) < 4.78 is 6.38. The molecule has 1 nitrogen and oxygen atoms in total. The molecule has 0 heterocycles. The van der Waals surface area contributed by atoms with Crippen molar-refractivity contribution in [3.63, 3.8) is 0 Å². The summed E-state index contributed by atoms with van der Waals surface area (Å²) >= 11 is 0. The van der Waals surface area contributed by atoms with Crippen molar-refractivity contribution in [1.82, 2.24) is 0 Å². The summed E-state index contributed by atoms with van der Waals surface area (Å²) in [6.45, 7) is 6.81. The molecular formula is C19H24OSi. The molecule has 3 rings (SSSR count). The van der Waals surface area contributed by atoms with Crippen molar-refractivity contribution in [2.75, 3.05) is 0 Å². The van der Waals surface area contributed by atoms with Gasteiger partial charge in [0, 0.05) is 6.42 Å². The standard InChI is InChI=1S/C19H24OSi/c1-21(2,3)20-19-11-7-6-10-18(19)17-13-12-15-8-4-5-9-16(15)14-17/h4-5,8-9,12-14H,6-7,10-11H2,1-3H3. The van der Waals surface area contributed by atoms with Gasteiger partial charge in [-0.3, -0.25) is 0 Å². The molecule has 0 fully saturated rings. The first-order valence-corrected chi connectivity index (χ1v) is 11.3. The van der Waals surface area contributed by atoms with Crippen LogP contribution in [-0.2, 0) is 4.43 Å². The number of fused-ring (bicyclic) bond motifs is 1. The molecule has 0 atom stereocenters. The fourth-order valence-corrected chi connectivity index (χ4v) is 4.01. The van der Waals surface area contributed by atoms with Gasteiger partial charge in [-0.1, -0.05) is 36.4 Å². The second-order valence-corrected chi connectivity index (χ2v) is 11.3. The van der Waals surface area contributed by atoms with Crippen LogP contribution in [0.25, 0.3) is 16.3 Å². The molecule has 0 saturated carbocycles. The second-order valence-electron chi connectivity index (χ2n) is 6.89. The monoisotopic (exact) mass is 296 g/mol. The molecule has 0 aliphatic heterocycles. The van der Waals surface area contributed by atoms with E-state index in [0.29, 0.717) is 0 Å². The molecule has 2 aromatic carbocycles. The van der Waals surface area contributed by atoms with Crippen LogP contribution in [0.4, 0.5) is 0 Å². The summed E-state index contributed by atoms with van der Waals surface area (Å²) in [6, 6.07) is 15.4. The van der Waals surface area contributed by atoms with Crippen LogP contribution in [0.2, 0.25) is 19.6 Å². The highest BCUT2D eigenvalue weighted by molar-refractivity contribution is 6.70. The first kappa shape index (κ1) is 14.4. The van der Waals surface area contributed by atoms with E-state index in [1.165, 1.54) is 40.5 Å². The van der Waals surface area contributed by atoms with Gasteiger partial charge in [-0.2, -0.15) is 0 Å². The minimum absolute atomic E-state index is 1.10. The van der Waals surface area contributed by atoms with E-state index in [4.69, 9.17) is 4.43 Å². The Labute approximate surface area is 128 Å². The fraction of sp³-hybridized carbons (Fsp3) is 0.368. The minimum Gasteiger partial charge on any atom is -0.547 e. The Balaban J connectivity index is 2.04. The first-order valence-electron chi connectivity index (χ1n) is 7.93. The Hall–Kier alpha value is -1.54. The van der Waals surface area contributed by atoms with E-state index in [1.807, 2.05) is 0 Å². The van der Waals surface area contributed by atoms with Crippen LogP contribution < -0.4 is 0 Å². The normalized spacial score (nSPS) is 16.3. The van der Waals surface area contributed by atoms with Gasteiger partial charge in [0.25, 0.3) is 0 Å². The molecule has 0 unspecified atom stereocenters. The molecule has 0 saturated heterocycles. The van der Waals surface area contributed by atoms with Crippen LogP contribution in [0.15, 0.2) is 48.2 Å². The number of benzene rings is 2. The average Bonchev–Trinajstić information content (AvgIpc) is 2.46. The highest BCUT2D eigenvalue weighted by Crippen LogP contribution is 2.35. The zero-order valence-electron chi connectivity index (χ0n) is 13.3. The van der Waals surface area contributed by atoms with Crippen LogP contribution >= 0.6 is 0 Å². The maximum Gasteiger partial charge on any atom is 0.241 e. The zero-order valence-corrected chi connectivity index (χ0v) is 14.3. The van der Waals surface area contributed by atoms with Crippen molar-refractivity contribution in [2.24, 2.45) is 0 Å². The van der Waals surface area contributed by atoms with Gasteiger partial charge in [-0.05, 0) is 66.9 Å². The van der Waals surface area contributed by atoms with E-state index in [2.05, 4.69) is 62.1 Å². The molecule has 110 valence electrons. The number of rotatable bonds is 3. The number of allylic oxidation sites excluding steroid dienone is 2. The summed E-state index contributed by atoms with van der Waals surface area (Å²) in [7, 11) is -1.53. The van der Waals surface area contributed by atoms with Gasteiger partial charge in [-0.15, -0.1) is 0 Å². The third-order valence-electron chi connectivity index (χ3n) is 3.94. The summed E-state index contributed by atoms with van der Waals surface area (Å²) in [5, 5.41) is 2.63. The summed E-state index contributed by atoms with van der Waals surface area (Å²) in [5.74, 6) is 1.26. The lowest BCUT2D eigenvalue weighted by atomic mass is 9.91. The Morgan fingerprint density at radius 2 is 1.57 bits per heavy atom. The lowest BCUT2D eigenvalue weighted by Crippen LogP contribution is -2.26. The van der Waals surface area contributed by atoms with Gasteiger partial charge in [0.2, 0.25) is 8.32 Å². The van der Waals surface area contributed by atoms with Gasteiger partial charge in [0.15, 0.2) is 0 Å². The molecule has 0 aromatic heterocycles. The number of hydrogen-bond donors (Lipinski definition) is 0. The quantitative estimate of drug-likeness (QED) is 0.633. The SMILES string of the molecule is C[Si](C)(C)OC1=C(c2ccc3ccccc3c2)CCCC1. The van der Waals surface area contributed by atoms with Crippen molar-refractivity contribution < 1.29 is 4.43 Å². The van der Waals surface area contributed by atoms with Crippen LogP contribution in [0.1, 0.15) is 31.2 Å². The van der Waals surface area contributed by atoms with Gasteiger partial charge in [-0.25, -0.2) is 0 Å². The average molecular weight is 296 g/mol. The molecule has 1 aliphatic rings. The minimum atomic E-state index is -1.53. The molecular weight excluding hydrogens is 272 g/mol. The van der Waals surface area contributed by atoms with Crippen LogP contribution in [0, 0.1) is 0 Å². The molecule has 2 aromatic rings. The van der Waals surface area contributed by atoms with Crippen LogP contribution in [-0.4, -0.2) is 8.32 Å². The molecule has 21 heavy (non-hydrogen) atoms. The molecule has 0 amide bonds. The van der Waals surface area contributed by atoms with E-state index >= 15 is 0 Å². The Morgan fingerprint density at radius 1 is 0.857 bits per heavy atom. The lowest BCUT2D eigenvalue weighted by molar-refractivity contribution is 0.385. The molecule has 1 aliphatic carbocycles. The Kier molecular flexibility index (Phi) is 3.90. The van der Waals surface area contributed by atoms with Crippen molar-refractivity contribution in [3.8, 4) is 0 Å². The van der Waals surface area contributed by atoms with Crippen LogP contribution in [0.3, 0.4) is 0 Å². The molecule has 0 N–H and O–H groups in total. The van der Waals surface area contributed by atoms with Crippen molar-refractivity contribution in [2.45, 2.75) is 45.3 Å². The smallest absolute Gasteiger partial charge is 0.241 e. The zero-order chi connectivity index (χ0) is 14.9. The Morgan fingerprint density at radius 3 is 2.33 bits per heavy atom. The predicted molar refractivity (Wildman–Crippen MR) is 93.8 cm³/mol. The third-order valence-corrected chi connectivity index (χ3v) is 4.80. The summed E-state index contributed by atoms with van der Waals surface area (Å²) in [6.07, 6.45) is 4.79. The highest BCUT2D eigenvalue weighted by atomic mass is 28.4. The number of hydrogen-bond acceptors (Lipinski definition) is 1. The third kappa shape index (κ3) is 3.38. The Bertz CT molecular complexity index is 679. The van der Waals surface area contributed by atoms with Crippen LogP contribution in [0.5, 0.6) is 0 Å². The maximum absolute atomic E-state index is 6.38. The summed E-state index contributed by atoms with van der Waals surface area (Å²) in [5.41, 5.74) is 2.79. The highest BCUT2D eigenvalue weighted by Gasteiger charge is 2.22. The van der Waals surface area contributed by atoms with Crippen molar-refractivity contribution in [1.29, 1.82) is 0 Å². The van der Waals surface area contributed by atoms with E-state index < -0.39 is 8.32 Å². The summed E-state index contributed by atoms with van der Waals surface area (Å²) in [4.78, 5) is 0. The molecule has 0 radical (unpaired) electrons. The predicted octanol–water partition coefficient (Wildman–Crippen LogP) is 5.98. The van der Waals surface area contributed by atoms with E-state index in [0.717, 1.165) is 12.8 Å². The fourth-order valence-electron chi connectivity index (χ4n) is 3.04. The molecule has 2 heteroatoms. The van der Waals surface area contributed by atoms with E-state index in [9.17, 15) is 0 Å². The van der Waals surface area contributed by atoms with Gasteiger partial charge in [0.05, 0.1) is 5.76 Å². The topological polar surface area (TPSA) is 9.23 Å². The van der Waals surface area contributed by atoms with Crippen molar-refractivity contribution >= 4 is 24.7 Å². The second kappa shape index (κ2) is 5.68. The van der Waals surface area contributed by atoms with Gasteiger partial charge >= 0.3 is 0 Å². The maximum atomic E-state index is 6.38. The van der Waals surface area contributed by atoms with E-state index in [1.54, 1.807) is 0 Å². The van der Waals surface area contributed by atoms with Gasteiger partial charge < -0.3 is 4.43 Å². The lowest BCUT2D eigenvalue weighted by Gasteiger charge is -2.28. The first-order chi connectivity index (χ1) is 10.0.